The van der Waals surface area contributed by atoms with Crippen LogP contribution >= 0.6 is 15.9 Å². The minimum absolute atomic E-state index is 0.846. The van der Waals surface area contributed by atoms with Gasteiger partial charge in [-0.1, -0.05) is 74.7 Å². The number of hydrogen-bond acceptors (Lipinski definition) is 1. The van der Waals surface area contributed by atoms with Crippen molar-refractivity contribution in [1.82, 2.24) is 0 Å². The second-order valence-corrected chi connectivity index (χ2v) is 6.07. The Kier molecular flexibility index (Phi) is 15.9. The number of hydrogen-bond donors (Lipinski definition) is 0. The van der Waals surface area contributed by atoms with Crippen LogP contribution in [0.15, 0.2) is 0 Å². The third-order valence-electron chi connectivity index (χ3n) is 3.66. The maximum absolute atomic E-state index is 5.72. The first-order valence-electron chi connectivity index (χ1n) is 7.98. The van der Waals surface area contributed by atoms with Crippen LogP contribution in [-0.4, -0.2) is 18.5 Å². The highest BCUT2D eigenvalue weighted by Gasteiger charge is 2.04. The number of alkyl halides is 1. The maximum Gasteiger partial charge on any atom is 0.0468 e. The van der Waals surface area contributed by atoms with Crippen LogP contribution in [0.4, 0.5) is 0 Å². The lowest BCUT2D eigenvalue weighted by Gasteiger charge is -2.13. The fourth-order valence-electron chi connectivity index (χ4n) is 2.22. The van der Waals surface area contributed by atoms with E-state index in [1.54, 1.807) is 0 Å². The monoisotopic (exact) mass is 320 g/mol. The standard InChI is InChI=1S/C16H33BrO/c1-3-5-6-7-8-9-10-14-18-15-12-16(4-2)11-13-17/h16H,3-15H2,1-2H3. The molecule has 0 aliphatic rings. The lowest BCUT2D eigenvalue weighted by atomic mass is 10.0. The third kappa shape index (κ3) is 12.9. The molecule has 0 spiro atoms. The zero-order valence-electron chi connectivity index (χ0n) is 12.6. The molecule has 0 N–H and O–H groups in total. The average Bonchev–Trinajstić information content (AvgIpc) is 2.39. The molecule has 0 radical (unpaired) electrons. The van der Waals surface area contributed by atoms with E-state index in [1.807, 2.05) is 0 Å². The van der Waals surface area contributed by atoms with Gasteiger partial charge in [0.05, 0.1) is 0 Å². The number of unbranched alkanes of at least 4 members (excludes halogenated alkanes) is 6. The largest absolute Gasteiger partial charge is 0.381 e. The fourth-order valence-corrected chi connectivity index (χ4v) is 2.87. The van der Waals surface area contributed by atoms with Crippen molar-refractivity contribution in [2.45, 2.75) is 78.1 Å². The predicted molar refractivity (Wildman–Crippen MR) is 85.6 cm³/mol. The zero-order valence-corrected chi connectivity index (χ0v) is 14.1. The van der Waals surface area contributed by atoms with E-state index in [9.17, 15) is 0 Å². The van der Waals surface area contributed by atoms with Crippen LogP contribution in [-0.2, 0) is 4.74 Å². The lowest BCUT2D eigenvalue weighted by Crippen LogP contribution is -2.06. The smallest absolute Gasteiger partial charge is 0.0468 e. The minimum atomic E-state index is 0.846. The van der Waals surface area contributed by atoms with E-state index < -0.39 is 0 Å². The van der Waals surface area contributed by atoms with Crippen molar-refractivity contribution in [1.29, 1.82) is 0 Å². The molecule has 0 aromatic heterocycles. The molecule has 0 aliphatic carbocycles. The van der Waals surface area contributed by atoms with E-state index >= 15 is 0 Å². The Bertz CT molecular complexity index is 150. The highest BCUT2D eigenvalue weighted by atomic mass is 79.9. The summed E-state index contributed by atoms with van der Waals surface area (Å²) in [6.07, 6.45) is 13.4. The summed E-state index contributed by atoms with van der Waals surface area (Å²) in [5, 5.41) is 1.13. The Balaban J connectivity index is 3.10. The molecule has 2 heteroatoms. The van der Waals surface area contributed by atoms with Gasteiger partial charge in [-0.05, 0) is 25.2 Å². The minimum Gasteiger partial charge on any atom is -0.381 e. The molecule has 0 aromatic rings. The Morgan fingerprint density at radius 1 is 0.833 bits per heavy atom. The van der Waals surface area contributed by atoms with Crippen LogP contribution < -0.4 is 0 Å². The van der Waals surface area contributed by atoms with Crippen LogP contribution in [0.2, 0.25) is 0 Å². The molecule has 1 unspecified atom stereocenters. The molecule has 1 nitrogen and oxygen atoms in total. The Hall–Kier alpha value is 0.440. The molecule has 0 heterocycles. The average molecular weight is 321 g/mol. The van der Waals surface area contributed by atoms with Gasteiger partial charge in [0.1, 0.15) is 0 Å². The number of ether oxygens (including phenoxy) is 1. The van der Waals surface area contributed by atoms with Gasteiger partial charge in [-0.3, -0.25) is 0 Å². The van der Waals surface area contributed by atoms with Gasteiger partial charge in [0.2, 0.25) is 0 Å². The van der Waals surface area contributed by atoms with Crippen LogP contribution in [0.5, 0.6) is 0 Å². The number of rotatable bonds is 14. The third-order valence-corrected chi connectivity index (χ3v) is 4.12. The van der Waals surface area contributed by atoms with Gasteiger partial charge in [0.25, 0.3) is 0 Å². The summed E-state index contributed by atoms with van der Waals surface area (Å²) in [5.41, 5.74) is 0. The second kappa shape index (κ2) is 15.5. The molecule has 1 atom stereocenters. The van der Waals surface area contributed by atoms with Gasteiger partial charge in [0.15, 0.2) is 0 Å². The highest BCUT2D eigenvalue weighted by molar-refractivity contribution is 9.09. The number of halogens is 1. The van der Waals surface area contributed by atoms with Crippen molar-refractivity contribution in [2.75, 3.05) is 18.5 Å². The molecular weight excluding hydrogens is 288 g/mol. The van der Waals surface area contributed by atoms with E-state index in [0.29, 0.717) is 0 Å². The summed E-state index contributed by atoms with van der Waals surface area (Å²) in [4.78, 5) is 0. The van der Waals surface area contributed by atoms with Gasteiger partial charge < -0.3 is 4.74 Å². The molecule has 110 valence electrons. The fraction of sp³-hybridized carbons (Fsp3) is 1.00. The highest BCUT2D eigenvalue weighted by Crippen LogP contribution is 2.14. The summed E-state index contributed by atoms with van der Waals surface area (Å²) in [6, 6.07) is 0. The van der Waals surface area contributed by atoms with Crippen LogP contribution in [0.25, 0.3) is 0 Å². The molecule has 0 rings (SSSR count). The molecule has 0 bridgehead atoms. The maximum atomic E-state index is 5.72. The first kappa shape index (κ1) is 18.4. The Labute approximate surface area is 123 Å². The van der Waals surface area contributed by atoms with Crippen LogP contribution in [0.3, 0.4) is 0 Å². The lowest BCUT2D eigenvalue weighted by molar-refractivity contribution is 0.115. The molecule has 0 aliphatic heterocycles. The SMILES string of the molecule is CCCCCCCCCOCCC(CC)CCBr. The van der Waals surface area contributed by atoms with Crippen molar-refractivity contribution >= 4 is 15.9 Å². The van der Waals surface area contributed by atoms with Crippen LogP contribution in [0, 0.1) is 5.92 Å². The van der Waals surface area contributed by atoms with Gasteiger partial charge in [-0.2, -0.15) is 0 Å². The summed E-state index contributed by atoms with van der Waals surface area (Å²) in [7, 11) is 0. The molecular formula is C16H33BrO. The van der Waals surface area contributed by atoms with Crippen molar-refractivity contribution < 1.29 is 4.74 Å². The van der Waals surface area contributed by atoms with Crippen LogP contribution in [0.1, 0.15) is 78.1 Å². The summed E-state index contributed by atoms with van der Waals surface area (Å²) in [5.74, 6) is 0.846. The molecule has 0 aromatic carbocycles. The zero-order chi connectivity index (χ0) is 13.5. The van der Waals surface area contributed by atoms with Crippen molar-refractivity contribution in [2.24, 2.45) is 5.92 Å². The van der Waals surface area contributed by atoms with E-state index in [1.165, 1.54) is 64.2 Å². The topological polar surface area (TPSA) is 9.23 Å². The van der Waals surface area contributed by atoms with E-state index in [-0.39, 0.29) is 0 Å². The summed E-state index contributed by atoms with van der Waals surface area (Å²) >= 11 is 3.52. The van der Waals surface area contributed by atoms with Crippen molar-refractivity contribution in [3.05, 3.63) is 0 Å². The Morgan fingerprint density at radius 2 is 1.50 bits per heavy atom. The second-order valence-electron chi connectivity index (χ2n) is 5.27. The normalized spacial score (nSPS) is 12.8. The van der Waals surface area contributed by atoms with Gasteiger partial charge >= 0.3 is 0 Å². The molecule has 18 heavy (non-hydrogen) atoms. The molecule has 0 saturated heterocycles. The molecule has 0 saturated carbocycles. The first-order chi connectivity index (χ1) is 8.85. The van der Waals surface area contributed by atoms with Gasteiger partial charge in [-0.25, -0.2) is 0 Å². The van der Waals surface area contributed by atoms with Crippen molar-refractivity contribution in [3.63, 3.8) is 0 Å². The summed E-state index contributed by atoms with van der Waals surface area (Å²) < 4.78 is 5.72. The van der Waals surface area contributed by atoms with Gasteiger partial charge in [-0.15, -0.1) is 0 Å². The van der Waals surface area contributed by atoms with E-state index in [4.69, 9.17) is 4.74 Å². The predicted octanol–water partition coefficient (Wildman–Crippen LogP) is 5.95. The van der Waals surface area contributed by atoms with Gasteiger partial charge in [0, 0.05) is 18.5 Å². The summed E-state index contributed by atoms with van der Waals surface area (Å²) in [6.45, 7) is 6.48. The Morgan fingerprint density at radius 3 is 2.11 bits per heavy atom. The van der Waals surface area contributed by atoms with E-state index in [2.05, 4.69) is 29.8 Å². The van der Waals surface area contributed by atoms with E-state index in [0.717, 1.165) is 24.5 Å². The first-order valence-corrected chi connectivity index (χ1v) is 9.11. The molecule has 0 fully saturated rings. The quantitative estimate of drug-likeness (QED) is 0.283. The molecule has 0 amide bonds. The van der Waals surface area contributed by atoms with Crippen molar-refractivity contribution in [3.8, 4) is 0 Å².